The minimum atomic E-state index is 0.000680. The zero-order valence-electron chi connectivity index (χ0n) is 11.1. The van der Waals surface area contributed by atoms with Gasteiger partial charge in [-0.05, 0) is 12.5 Å². The lowest BCUT2D eigenvalue weighted by molar-refractivity contribution is 0.0642. The molecule has 0 saturated carbocycles. The molecule has 0 aromatic carbocycles. The lowest BCUT2D eigenvalue weighted by Crippen LogP contribution is -2.08. The van der Waals surface area contributed by atoms with E-state index >= 15 is 0 Å². The molecule has 0 aliphatic rings. The summed E-state index contributed by atoms with van der Waals surface area (Å²) in [5.74, 6) is 0.622. The van der Waals surface area contributed by atoms with Crippen molar-refractivity contribution in [2.75, 3.05) is 33.5 Å². The average molecular weight is 254 g/mol. The number of nitrogens with two attached hydrogens (primary N) is 1. The fourth-order valence-corrected chi connectivity index (χ4v) is 1.33. The summed E-state index contributed by atoms with van der Waals surface area (Å²) in [6.07, 6.45) is 2.58. The van der Waals surface area contributed by atoms with Gasteiger partial charge in [0.2, 0.25) is 5.88 Å². The highest BCUT2D eigenvalue weighted by atomic mass is 16.5. The van der Waals surface area contributed by atoms with Crippen LogP contribution in [0.5, 0.6) is 5.88 Å². The molecule has 0 aliphatic heterocycles. The third kappa shape index (κ3) is 5.95. The van der Waals surface area contributed by atoms with E-state index in [0.29, 0.717) is 32.3 Å². The Labute approximate surface area is 108 Å². The smallest absolute Gasteiger partial charge is 0.213 e. The highest BCUT2D eigenvalue weighted by Crippen LogP contribution is 2.12. The van der Waals surface area contributed by atoms with Gasteiger partial charge >= 0.3 is 0 Å². The van der Waals surface area contributed by atoms with E-state index < -0.39 is 0 Å². The summed E-state index contributed by atoms with van der Waals surface area (Å²) in [5, 5.41) is 0. The topological polar surface area (TPSA) is 66.6 Å². The quantitative estimate of drug-likeness (QED) is 0.677. The first-order valence-electron chi connectivity index (χ1n) is 6.15. The first-order valence-corrected chi connectivity index (χ1v) is 6.15. The third-order valence-electron chi connectivity index (χ3n) is 2.40. The first-order chi connectivity index (χ1) is 8.74. The normalized spacial score (nSPS) is 12.4. The third-order valence-corrected chi connectivity index (χ3v) is 2.40. The SMILES string of the molecule is COCCOCCCOc1ccc(C(C)N)cn1. The maximum absolute atomic E-state index is 5.74. The van der Waals surface area contributed by atoms with Crippen LogP contribution in [-0.2, 0) is 9.47 Å². The van der Waals surface area contributed by atoms with Crippen molar-refractivity contribution < 1.29 is 14.2 Å². The van der Waals surface area contributed by atoms with Gasteiger partial charge in [-0.1, -0.05) is 6.07 Å². The van der Waals surface area contributed by atoms with Crippen LogP contribution in [0.25, 0.3) is 0 Å². The van der Waals surface area contributed by atoms with Gasteiger partial charge in [-0.15, -0.1) is 0 Å². The van der Waals surface area contributed by atoms with E-state index in [1.807, 2.05) is 19.1 Å². The second-order valence-electron chi connectivity index (χ2n) is 4.03. The molecule has 1 aromatic heterocycles. The van der Waals surface area contributed by atoms with E-state index in [4.69, 9.17) is 19.9 Å². The molecular formula is C13H22N2O3. The summed E-state index contributed by atoms with van der Waals surface area (Å²) in [7, 11) is 1.66. The molecule has 0 amide bonds. The van der Waals surface area contributed by atoms with Gasteiger partial charge in [0, 0.05) is 38.4 Å². The van der Waals surface area contributed by atoms with Gasteiger partial charge in [0.15, 0.2) is 0 Å². The molecule has 1 heterocycles. The van der Waals surface area contributed by atoms with Crippen LogP contribution in [0.2, 0.25) is 0 Å². The van der Waals surface area contributed by atoms with Gasteiger partial charge in [0.1, 0.15) is 0 Å². The van der Waals surface area contributed by atoms with E-state index in [1.165, 1.54) is 0 Å². The molecule has 1 atom stereocenters. The Hall–Kier alpha value is -1.17. The summed E-state index contributed by atoms with van der Waals surface area (Å²) < 4.78 is 15.7. The molecular weight excluding hydrogens is 232 g/mol. The molecule has 5 nitrogen and oxygen atoms in total. The van der Waals surface area contributed by atoms with Gasteiger partial charge in [-0.3, -0.25) is 0 Å². The molecule has 18 heavy (non-hydrogen) atoms. The minimum Gasteiger partial charge on any atom is -0.478 e. The van der Waals surface area contributed by atoms with Crippen molar-refractivity contribution in [2.45, 2.75) is 19.4 Å². The van der Waals surface area contributed by atoms with Crippen LogP contribution in [0.15, 0.2) is 18.3 Å². The minimum absolute atomic E-state index is 0.000680. The van der Waals surface area contributed by atoms with Crippen LogP contribution in [0, 0.1) is 0 Å². The molecule has 1 rings (SSSR count). The van der Waals surface area contributed by atoms with E-state index in [0.717, 1.165) is 12.0 Å². The summed E-state index contributed by atoms with van der Waals surface area (Å²) in [5.41, 5.74) is 6.74. The Morgan fingerprint density at radius 3 is 2.67 bits per heavy atom. The van der Waals surface area contributed by atoms with Crippen LogP contribution in [0.4, 0.5) is 0 Å². The zero-order chi connectivity index (χ0) is 13.2. The van der Waals surface area contributed by atoms with E-state index in [-0.39, 0.29) is 6.04 Å². The first kappa shape index (κ1) is 14.9. The van der Waals surface area contributed by atoms with Gasteiger partial charge in [0.25, 0.3) is 0 Å². The second-order valence-corrected chi connectivity index (χ2v) is 4.03. The predicted molar refractivity (Wildman–Crippen MR) is 69.6 cm³/mol. The fraction of sp³-hybridized carbons (Fsp3) is 0.615. The molecule has 0 spiro atoms. The largest absolute Gasteiger partial charge is 0.478 e. The van der Waals surface area contributed by atoms with Crippen molar-refractivity contribution in [3.05, 3.63) is 23.9 Å². The fourth-order valence-electron chi connectivity index (χ4n) is 1.33. The summed E-state index contributed by atoms with van der Waals surface area (Å²) in [6.45, 7) is 4.44. The maximum atomic E-state index is 5.74. The molecule has 0 fully saturated rings. The Kier molecular flexibility index (Phi) is 7.32. The van der Waals surface area contributed by atoms with Crippen molar-refractivity contribution >= 4 is 0 Å². The van der Waals surface area contributed by atoms with Crippen LogP contribution in [0.3, 0.4) is 0 Å². The van der Waals surface area contributed by atoms with Gasteiger partial charge in [-0.25, -0.2) is 4.98 Å². The van der Waals surface area contributed by atoms with Gasteiger partial charge in [-0.2, -0.15) is 0 Å². The van der Waals surface area contributed by atoms with Crippen LogP contribution < -0.4 is 10.5 Å². The summed E-state index contributed by atoms with van der Waals surface area (Å²) in [4.78, 5) is 4.18. The lowest BCUT2D eigenvalue weighted by Gasteiger charge is -2.08. The number of pyridine rings is 1. The molecule has 1 aromatic rings. The van der Waals surface area contributed by atoms with Crippen LogP contribution >= 0.6 is 0 Å². The van der Waals surface area contributed by atoms with Crippen LogP contribution in [-0.4, -0.2) is 38.5 Å². The number of aromatic nitrogens is 1. The van der Waals surface area contributed by atoms with Crippen molar-refractivity contribution in [1.82, 2.24) is 4.98 Å². The van der Waals surface area contributed by atoms with Crippen molar-refractivity contribution in [3.63, 3.8) is 0 Å². The molecule has 102 valence electrons. The average Bonchev–Trinajstić information content (AvgIpc) is 2.38. The zero-order valence-corrected chi connectivity index (χ0v) is 11.1. The lowest BCUT2D eigenvalue weighted by atomic mass is 10.2. The molecule has 1 unspecified atom stereocenters. The predicted octanol–water partition coefficient (Wildman–Crippen LogP) is 1.53. The Morgan fingerprint density at radius 2 is 2.06 bits per heavy atom. The molecule has 2 N–H and O–H groups in total. The van der Waals surface area contributed by atoms with Crippen LogP contribution in [0.1, 0.15) is 24.9 Å². The standard InChI is InChI=1S/C13H22N2O3/c1-11(14)12-4-5-13(15-10-12)18-7-3-6-17-9-8-16-2/h4-5,10-11H,3,6-9,14H2,1-2H3. The molecule has 0 saturated heterocycles. The monoisotopic (exact) mass is 254 g/mol. The van der Waals surface area contributed by atoms with Gasteiger partial charge < -0.3 is 19.9 Å². The number of nitrogens with zero attached hydrogens (tertiary/aromatic N) is 1. The van der Waals surface area contributed by atoms with Gasteiger partial charge in [0.05, 0.1) is 19.8 Å². The summed E-state index contributed by atoms with van der Waals surface area (Å²) in [6, 6.07) is 3.77. The number of methoxy groups -OCH3 is 1. The molecule has 0 radical (unpaired) electrons. The number of hydrogen-bond donors (Lipinski definition) is 1. The Balaban J connectivity index is 2.12. The number of ether oxygens (including phenoxy) is 3. The van der Waals surface area contributed by atoms with E-state index in [1.54, 1.807) is 13.3 Å². The Morgan fingerprint density at radius 1 is 1.22 bits per heavy atom. The highest BCUT2D eigenvalue weighted by Gasteiger charge is 2.00. The van der Waals surface area contributed by atoms with E-state index in [2.05, 4.69) is 4.98 Å². The molecule has 5 heteroatoms. The van der Waals surface area contributed by atoms with Crippen molar-refractivity contribution in [1.29, 1.82) is 0 Å². The number of rotatable bonds is 9. The Bertz CT molecular complexity index is 315. The second kappa shape index (κ2) is 8.85. The maximum Gasteiger partial charge on any atom is 0.213 e. The molecule has 0 aliphatic carbocycles. The van der Waals surface area contributed by atoms with E-state index in [9.17, 15) is 0 Å². The summed E-state index contributed by atoms with van der Waals surface area (Å²) >= 11 is 0. The number of hydrogen-bond acceptors (Lipinski definition) is 5. The van der Waals surface area contributed by atoms with Crippen molar-refractivity contribution in [3.8, 4) is 5.88 Å². The molecule has 0 bridgehead atoms. The van der Waals surface area contributed by atoms with Crippen molar-refractivity contribution in [2.24, 2.45) is 5.73 Å². The highest BCUT2D eigenvalue weighted by molar-refractivity contribution is 5.19.